The molecule has 0 aliphatic heterocycles. The summed E-state index contributed by atoms with van der Waals surface area (Å²) in [6.45, 7) is 7.58. The summed E-state index contributed by atoms with van der Waals surface area (Å²) in [4.78, 5) is 27.2. The van der Waals surface area contributed by atoms with Crippen LogP contribution < -0.4 is 10.1 Å². The molecule has 0 spiro atoms. The van der Waals surface area contributed by atoms with Crippen molar-refractivity contribution in [2.24, 2.45) is 4.99 Å². The fourth-order valence-electron chi connectivity index (χ4n) is 2.92. The molecule has 1 aromatic rings. The molecule has 0 radical (unpaired) electrons. The lowest BCUT2D eigenvalue weighted by molar-refractivity contribution is -0.141. The summed E-state index contributed by atoms with van der Waals surface area (Å²) < 4.78 is 12.0. The van der Waals surface area contributed by atoms with Gasteiger partial charge in [0.25, 0.3) is 0 Å². The van der Waals surface area contributed by atoms with Crippen molar-refractivity contribution in [3.63, 3.8) is 0 Å². The van der Waals surface area contributed by atoms with Gasteiger partial charge >= 0.3 is 5.97 Å². The maximum atomic E-state index is 11.4. The summed E-state index contributed by atoms with van der Waals surface area (Å²) in [5.74, 6) is -0.119. The molecule has 0 heterocycles. The Kier molecular flexibility index (Phi) is 12.8. The Labute approximate surface area is 204 Å². The van der Waals surface area contributed by atoms with Gasteiger partial charge in [-0.2, -0.15) is 0 Å². The van der Waals surface area contributed by atoms with E-state index in [2.05, 4.69) is 39.2 Å². The minimum Gasteiger partial charge on any atom is -0.500 e. The number of rotatable bonds is 13. The van der Waals surface area contributed by atoms with Gasteiger partial charge < -0.3 is 19.9 Å². The third-order valence-corrected chi connectivity index (χ3v) is 5.21. The largest absolute Gasteiger partial charge is 0.500 e. The lowest BCUT2D eigenvalue weighted by Crippen LogP contribution is -2.41. The molecule has 0 saturated carbocycles. The van der Waals surface area contributed by atoms with Crippen molar-refractivity contribution in [3.8, 4) is 5.75 Å². The second kappa shape index (κ2) is 15.1. The number of ether oxygens (including phenoxy) is 2. The number of carboxylic acids is 1. The maximum absolute atomic E-state index is 11.4. The number of amides is 1. The molecule has 7 nitrogen and oxygen atoms in total. The molecule has 0 aromatic heterocycles. The van der Waals surface area contributed by atoms with Gasteiger partial charge in [0, 0.05) is 26.0 Å². The number of aliphatic imine (C=N–C) groups is 1. The highest BCUT2D eigenvalue weighted by Crippen LogP contribution is 2.27. The number of nitrogens with one attached hydrogen (secondary N) is 1. The van der Waals surface area contributed by atoms with Crippen LogP contribution in [-0.4, -0.2) is 43.0 Å². The first kappa shape index (κ1) is 28.2. The van der Waals surface area contributed by atoms with E-state index in [1.165, 1.54) is 6.92 Å². The number of hydrogen-bond acceptors (Lipinski definition) is 5. The number of halogens is 1. The van der Waals surface area contributed by atoms with E-state index in [4.69, 9.17) is 9.47 Å². The third-order valence-electron chi connectivity index (χ3n) is 4.59. The second-order valence-corrected chi connectivity index (χ2v) is 8.09. The molecule has 0 aliphatic carbocycles. The van der Waals surface area contributed by atoms with Crippen molar-refractivity contribution in [3.05, 3.63) is 63.5 Å². The number of nitrogens with zero attached hydrogens (tertiary/aromatic N) is 1. The first-order valence-corrected chi connectivity index (χ1v) is 11.5. The topological polar surface area (TPSA) is 97.2 Å². The van der Waals surface area contributed by atoms with Gasteiger partial charge in [0.05, 0.1) is 23.9 Å². The smallest absolute Gasteiger partial charge is 0.326 e. The normalized spacial score (nSPS) is 13.7. The Hall–Kier alpha value is -2.87. The summed E-state index contributed by atoms with van der Waals surface area (Å²) >= 11 is 3.48. The van der Waals surface area contributed by atoms with Crippen LogP contribution in [0.4, 0.5) is 0 Å². The Balaban J connectivity index is 2.85. The van der Waals surface area contributed by atoms with Crippen molar-refractivity contribution < 1.29 is 24.2 Å². The van der Waals surface area contributed by atoms with Crippen molar-refractivity contribution in [2.45, 2.75) is 53.0 Å². The van der Waals surface area contributed by atoms with Crippen LogP contribution in [0.3, 0.4) is 0 Å². The second-order valence-electron chi connectivity index (χ2n) is 7.24. The lowest BCUT2D eigenvalue weighted by Gasteiger charge is -2.15. The number of aliphatic carboxylic acids is 1. The predicted octanol–water partition coefficient (Wildman–Crippen LogP) is 5.21. The van der Waals surface area contributed by atoms with Gasteiger partial charge in [-0.15, -0.1) is 0 Å². The molecule has 1 unspecified atom stereocenters. The van der Waals surface area contributed by atoms with Crippen LogP contribution in [0.15, 0.2) is 62.9 Å². The number of allylic oxidation sites excluding steroid dienone is 5. The SMILES string of the molecule is C\C=C/C(/C=N/C(CCOc1ccc(CC(NC(C)=O)C(=O)O)cc1Br)=C(/C)OC)=C\CC. The molecular weight excluding hydrogens is 488 g/mol. The van der Waals surface area contributed by atoms with Gasteiger partial charge in [-0.1, -0.05) is 31.2 Å². The average molecular weight is 521 g/mol. The van der Waals surface area contributed by atoms with E-state index in [1.807, 2.05) is 32.2 Å². The zero-order chi connectivity index (χ0) is 24.8. The van der Waals surface area contributed by atoms with E-state index in [0.29, 0.717) is 23.2 Å². The van der Waals surface area contributed by atoms with Gasteiger partial charge in [-0.05, 0) is 59.5 Å². The first-order valence-electron chi connectivity index (χ1n) is 10.7. The minimum atomic E-state index is -1.08. The molecule has 2 N–H and O–H groups in total. The number of benzene rings is 1. The van der Waals surface area contributed by atoms with Crippen molar-refractivity contribution in [1.29, 1.82) is 0 Å². The molecule has 0 aliphatic rings. The Bertz CT molecular complexity index is 935. The maximum Gasteiger partial charge on any atom is 0.326 e. The Morgan fingerprint density at radius 2 is 2.03 bits per heavy atom. The third kappa shape index (κ3) is 10.5. The van der Waals surface area contributed by atoms with Crippen LogP contribution in [-0.2, 0) is 20.7 Å². The Morgan fingerprint density at radius 1 is 1.30 bits per heavy atom. The molecule has 1 atom stereocenters. The van der Waals surface area contributed by atoms with Gasteiger partial charge in [0.1, 0.15) is 17.6 Å². The number of carbonyl (C=O) groups is 2. The zero-order valence-corrected chi connectivity index (χ0v) is 21.4. The zero-order valence-electron chi connectivity index (χ0n) is 19.9. The molecule has 1 aromatic carbocycles. The van der Waals surface area contributed by atoms with Crippen molar-refractivity contribution in [1.82, 2.24) is 5.32 Å². The minimum absolute atomic E-state index is 0.169. The van der Waals surface area contributed by atoms with Gasteiger partial charge in [0.15, 0.2) is 0 Å². The van der Waals surface area contributed by atoms with Crippen LogP contribution >= 0.6 is 15.9 Å². The van der Waals surface area contributed by atoms with Gasteiger partial charge in [-0.3, -0.25) is 9.79 Å². The van der Waals surface area contributed by atoms with Crippen LogP contribution in [0.1, 0.15) is 46.1 Å². The van der Waals surface area contributed by atoms with E-state index in [0.717, 1.165) is 29.0 Å². The van der Waals surface area contributed by atoms with Gasteiger partial charge in [0.2, 0.25) is 5.91 Å². The number of carboxylic acid groups (broad SMARTS) is 1. The fraction of sp³-hybridized carbons (Fsp3) is 0.400. The van der Waals surface area contributed by atoms with Crippen LogP contribution in [0.5, 0.6) is 5.75 Å². The predicted molar refractivity (Wildman–Crippen MR) is 135 cm³/mol. The van der Waals surface area contributed by atoms with E-state index in [1.54, 1.807) is 25.3 Å². The summed E-state index contributed by atoms with van der Waals surface area (Å²) in [6.07, 6.45) is 9.52. The molecule has 0 saturated heterocycles. The van der Waals surface area contributed by atoms with E-state index in [9.17, 15) is 14.7 Å². The van der Waals surface area contributed by atoms with E-state index in [-0.39, 0.29) is 12.3 Å². The highest BCUT2D eigenvalue weighted by molar-refractivity contribution is 9.10. The summed E-state index contributed by atoms with van der Waals surface area (Å²) in [7, 11) is 1.61. The molecule has 33 heavy (non-hydrogen) atoms. The molecule has 0 bridgehead atoms. The van der Waals surface area contributed by atoms with E-state index < -0.39 is 12.0 Å². The molecule has 8 heteroatoms. The van der Waals surface area contributed by atoms with Crippen molar-refractivity contribution in [2.75, 3.05) is 13.7 Å². The average Bonchev–Trinajstić information content (AvgIpc) is 2.76. The molecule has 180 valence electrons. The molecule has 1 rings (SSSR count). The van der Waals surface area contributed by atoms with Crippen LogP contribution in [0.25, 0.3) is 0 Å². The molecule has 0 fully saturated rings. The van der Waals surface area contributed by atoms with Gasteiger partial charge in [-0.25, -0.2) is 4.79 Å². The highest BCUT2D eigenvalue weighted by Gasteiger charge is 2.19. The summed E-state index contributed by atoms with van der Waals surface area (Å²) in [6, 6.07) is 4.36. The monoisotopic (exact) mass is 520 g/mol. The molecule has 1 amide bonds. The first-order chi connectivity index (χ1) is 15.7. The number of methoxy groups -OCH3 is 1. The highest BCUT2D eigenvalue weighted by atomic mass is 79.9. The lowest BCUT2D eigenvalue weighted by atomic mass is 10.1. The van der Waals surface area contributed by atoms with Crippen molar-refractivity contribution >= 4 is 34.0 Å². The van der Waals surface area contributed by atoms with E-state index >= 15 is 0 Å². The summed E-state index contributed by atoms with van der Waals surface area (Å²) in [5, 5.41) is 11.7. The van der Waals surface area contributed by atoms with Crippen LogP contribution in [0, 0.1) is 0 Å². The quantitative estimate of drug-likeness (QED) is 0.211. The van der Waals surface area contributed by atoms with Crippen LogP contribution in [0.2, 0.25) is 0 Å². The fourth-order valence-corrected chi connectivity index (χ4v) is 3.46. The molecular formula is C25H33BrN2O5. The number of carbonyl (C=O) groups excluding carboxylic acids is 1. The Morgan fingerprint density at radius 3 is 2.58 bits per heavy atom. The summed E-state index contributed by atoms with van der Waals surface area (Å²) in [5.41, 5.74) is 2.57. The number of hydrogen-bond donors (Lipinski definition) is 2. The standard InChI is InChI=1S/C25H33BrN2O5/c1-6-8-19(9-7-2)16-27-22(17(3)32-5)12-13-33-24-11-10-20(14-21(24)26)15-23(25(30)31)28-18(4)29/h6,8-11,14,16,23H,7,12-13,15H2,1-5H3,(H,28,29)(H,30,31)/b8-6-,19-9+,22-17-,27-16+.